The number of hydrogen-bond acceptors (Lipinski definition) is 8. The molecule has 3 rings (SSSR count). The number of rotatable bonds is 4. The lowest BCUT2D eigenvalue weighted by Gasteiger charge is -2.28. The maximum absolute atomic E-state index is 12.9. The van der Waals surface area contributed by atoms with Crippen molar-refractivity contribution in [3.05, 3.63) is 57.8 Å². The summed E-state index contributed by atoms with van der Waals surface area (Å²) in [6.45, 7) is 7.61. The van der Waals surface area contributed by atoms with Gasteiger partial charge < -0.3 is 19.2 Å². The van der Waals surface area contributed by atoms with Gasteiger partial charge in [0.2, 0.25) is 5.75 Å². The van der Waals surface area contributed by atoms with Crippen molar-refractivity contribution in [2.75, 3.05) is 13.7 Å². The molecule has 1 aromatic heterocycles. The first-order chi connectivity index (χ1) is 15.5. The van der Waals surface area contributed by atoms with Gasteiger partial charge in [0.05, 0.1) is 18.7 Å². The third-order valence-corrected chi connectivity index (χ3v) is 4.93. The molecule has 0 radical (unpaired) electrons. The van der Waals surface area contributed by atoms with Crippen LogP contribution in [-0.4, -0.2) is 52.2 Å². The Hall–Kier alpha value is -3.69. The highest BCUT2D eigenvalue weighted by molar-refractivity contribution is 5.94. The number of esters is 2. The molecule has 1 fully saturated rings. The second kappa shape index (κ2) is 9.43. The molecule has 10 nitrogen and oxygen atoms in total. The van der Waals surface area contributed by atoms with Crippen molar-refractivity contribution in [2.45, 2.75) is 45.8 Å². The van der Waals surface area contributed by atoms with Crippen LogP contribution >= 0.6 is 0 Å². The van der Waals surface area contributed by atoms with Gasteiger partial charge >= 0.3 is 18.0 Å². The smallest absolute Gasteiger partial charge is 0.410 e. The van der Waals surface area contributed by atoms with E-state index in [4.69, 9.17) is 14.2 Å². The summed E-state index contributed by atoms with van der Waals surface area (Å²) in [5, 5.41) is 0. The van der Waals surface area contributed by atoms with Crippen LogP contribution in [0.4, 0.5) is 4.79 Å². The second-order valence-corrected chi connectivity index (χ2v) is 8.87. The van der Waals surface area contributed by atoms with Crippen LogP contribution in [0.5, 0.6) is 5.75 Å². The highest BCUT2D eigenvalue weighted by Crippen LogP contribution is 2.35. The summed E-state index contributed by atoms with van der Waals surface area (Å²) in [6.07, 6.45) is -0.0648. The average Bonchev–Trinajstić information content (AvgIpc) is 3.15. The van der Waals surface area contributed by atoms with Crippen LogP contribution in [0.2, 0.25) is 0 Å². The van der Waals surface area contributed by atoms with Gasteiger partial charge in [0.25, 0.3) is 5.56 Å². The van der Waals surface area contributed by atoms with Crippen molar-refractivity contribution in [1.29, 1.82) is 0 Å². The SMILES string of the molecule is COC(=O)c1nc([C@@H]2C[C@@H](C)CN2C(=O)OC(C)(C)C)[nH]c(=O)c1OC(=O)c1ccccc1. The number of ether oxygens (including phenoxy) is 3. The van der Waals surface area contributed by atoms with Crippen LogP contribution in [0.15, 0.2) is 35.1 Å². The first-order valence-corrected chi connectivity index (χ1v) is 10.5. The van der Waals surface area contributed by atoms with E-state index in [2.05, 4.69) is 9.97 Å². The lowest BCUT2D eigenvalue weighted by molar-refractivity contribution is 0.0213. The third-order valence-electron chi connectivity index (χ3n) is 4.93. The van der Waals surface area contributed by atoms with Crippen molar-refractivity contribution in [2.24, 2.45) is 5.92 Å². The minimum atomic E-state index is -0.951. The van der Waals surface area contributed by atoms with Crippen LogP contribution in [0.3, 0.4) is 0 Å². The summed E-state index contributed by atoms with van der Waals surface area (Å²) in [4.78, 5) is 58.8. The fourth-order valence-corrected chi connectivity index (χ4v) is 3.52. The molecule has 1 aliphatic rings. The van der Waals surface area contributed by atoms with Gasteiger partial charge in [0, 0.05) is 6.54 Å². The van der Waals surface area contributed by atoms with Crippen molar-refractivity contribution in [3.63, 3.8) is 0 Å². The van der Waals surface area contributed by atoms with E-state index >= 15 is 0 Å². The van der Waals surface area contributed by atoms with E-state index in [1.165, 1.54) is 17.0 Å². The van der Waals surface area contributed by atoms with Gasteiger partial charge in [0.1, 0.15) is 11.4 Å². The molecule has 2 heterocycles. The summed E-state index contributed by atoms with van der Waals surface area (Å²) >= 11 is 0. The number of hydrogen-bond donors (Lipinski definition) is 1. The van der Waals surface area contributed by atoms with Gasteiger partial charge in [-0.05, 0) is 45.2 Å². The fraction of sp³-hybridized carbons (Fsp3) is 0.435. The molecule has 2 atom stereocenters. The molecule has 1 saturated heterocycles. The average molecular weight is 457 g/mol. The van der Waals surface area contributed by atoms with E-state index in [-0.39, 0.29) is 17.3 Å². The summed E-state index contributed by atoms with van der Waals surface area (Å²) in [6, 6.07) is 7.37. The van der Waals surface area contributed by atoms with Crippen molar-refractivity contribution >= 4 is 18.0 Å². The van der Waals surface area contributed by atoms with Crippen LogP contribution in [0.1, 0.15) is 66.8 Å². The monoisotopic (exact) mass is 457 g/mol. The molecular formula is C23H27N3O7. The molecule has 1 aromatic carbocycles. The van der Waals surface area contributed by atoms with E-state index in [0.717, 1.165) is 7.11 Å². The fourth-order valence-electron chi connectivity index (χ4n) is 3.52. The Labute approximate surface area is 190 Å². The molecular weight excluding hydrogens is 430 g/mol. The Bertz CT molecular complexity index is 1110. The van der Waals surface area contributed by atoms with Crippen molar-refractivity contribution < 1.29 is 28.6 Å². The van der Waals surface area contributed by atoms with Gasteiger partial charge in [-0.1, -0.05) is 25.1 Å². The predicted molar refractivity (Wildman–Crippen MR) is 117 cm³/mol. The maximum Gasteiger partial charge on any atom is 0.410 e. The zero-order valence-corrected chi connectivity index (χ0v) is 19.2. The topological polar surface area (TPSA) is 128 Å². The first kappa shape index (κ1) is 24.0. The van der Waals surface area contributed by atoms with E-state index in [1.54, 1.807) is 39.0 Å². The minimum absolute atomic E-state index is 0.0788. The van der Waals surface area contributed by atoms with Crippen molar-refractivity contribution in [1.82, 2.24) is 14.9 Å². The zero-order chi connectivity index (χ0) is 24.3. The van der Waals surface area contributed by atoms with Gasteiger partial charge in [0.15, 0.2) is 5.69 Å². The molecule has 0 spiro atoms. The molecule has 2 aromatic rings. The molecule has 0 unspecified atom stereocenters. The third kappa shape index (κ3) is 5.57. The molecule has 0 bridgehead atoms. The van der Waals surface area contributed by atoms with Crippen molar-refractivity contribution in [3.8, 4) is 5.75 Å². The Morgan fingerprint density at radius 3 is 2.39 bits per heavy atom. The molecule has 1 amide bonds. The quantitative estimate of drug-likeness (QED) is 0.694. The largest absolute Gasteiger partial charge is 0.464 e. The molecule has 176 valence electrons. The van der Waals surface area contributed by atoms with Gasteiger partial charge in [-0.3, -0.25) is 9.69 Å². The minimum Gasteiger partial charge on any atom is -0.464 e. The molecule has 1 aliphatic heterocycles. The Morgan fingerprint density at radius 1 is 1.12 bits per heavy atom. The van der Waals surface area contributed by atoms with Crippen LogP contribution in [0.25, 0.3) is 0 Å². The molecule has 33 heavy (non-hydrogen) atoms. The lowest BCUT2D eigenvalue weighted by Crippen LogP contribution is -2.38. The standard InChI is InChI=1S/C23H27N3O7/c1-13-11-15(26(12-13)22(30)33-23(2,3)4)18-24-16(21(29)31-5)17(19(27)25-18)32-20(28)14-9-7-6-8-10-14/h6-10,13,15H,11-12H2,1-5H3,(H,24,25,27)/t13-,15+/m1/s1. The number of nitrogens with one attached hydrogen (secondary N) is 1. The highest BCUT2D eigenvalue weighted by Gasteiger charge is 2.39. The normalized spacial score (nSPS) is 18.0. The number of likely N-dealkylation sites (tertiary alicyclic amines) is 1. The van der Waals surface area contributed by atoms with E-state index in [0.29, 0.717) is 13.0 Å². The zero-order valence-electron chi connectivity index (χ0n) is 19.2. The number of benzene rings is 1. The Kier molecular flexibility index (Phi) is 6.85. The van der Waals surface area contributed by atoms with E-state index in [9.17, 15) is 19.2 Å². The highest BCUT2D eigenvalue weighted by atomic mass is 16.6. The number of nitrogens with zero attached hydrogens (tertiary/aromatic N) is 2. The van der Waals surface area contributed by atoms with Gasteiger partial charge in [-0.15, -0.1) is 0 Å². The maximum atomic E-state index is 12.9. The van der Waals surface area contributed by atoms with Gasteiger partial charge in [-0.2, -0.15) is 0 Å². The van der Waals surface area contributed by atoms with E-state index in [1.807, 2.05) is 6.92 Å². The van der Waals surface area contributed by atoms with Crippen LogP contribution in [0, 0.1) is 5.92 Å². The predicted octanol–water partition coefficient (Wildman–Crippen LogP) is 3.09. The molecule has 0 saturated carbocycles. The molecule has 1 N–H and O–H groups in total. The number of amides is 1. The number of carbonyl (C=O) groups is 3. The number of H-pyrrole nitrogens is 1. The molecule has 0 aliphatic carbocycles. The van der Waals surface area contributed by atoms with Gasteiger partial charge in [-0.25, -0.2) is 19.4 Å². The number of aromatic amines is 1. The van der Waals surface area contributed by atoms with E-state index < -0.39 is 46.7 Å². The lowest BCUT2D eigenvalue weighted by atomic mass is 10.1. The van der Waals surface area contributed by atoms with Crippen LogP contribution in [-0.2, 0) is 9.47 Å². The van der Waals surface area contributed by atoms with Crippen LogP contribution < -0.4 is 10.3 Å². The Morgan fingerprint density at radius 2 is 1.79 bits per heavy atom. The first-order valence-electron chi connectivity index (χ1n) is 10.5. The summed E-state index contributed by atoms with van der Waals surface area (Å²) in [7, 11) is 1.12. The number of aromatic nitrogens is 2. The summed E-state index contributed by atoms with van der Waals surface area (Å²) < 4.78 is 15.4. The second-order valence-electron chi connectivity index (χ2n) is 8.87. The number of methoxy groups -OCH3 is 1. The molecule has 10 heteroatoms. The number of carbonyl (C=O) groups excluding carboxylic acids is 3. The summed E-state index contributed by atoms with van der Waals surface area (Å²) in [5.74, 6) is -2.17. The Balaban J connectivity index is 1.99. The summed E-state index contributed by atoms with van der Waals surface area (Å²) in [5.41, 5.74) is -1.81.